The molecule has 1 aromatic rings. The van der Waals surface area contributed by atoms with E-state index in [0.717, 1.165) is 5.56 Å². The Bertz CT molecular complexity index is 519. The summed E-state index contributed by atoms with van der Waals surface area (Å²) < 4.78 is 4.96. The van der Waals surface area contributed by atoms with Crippen molar-refractivity contribution in [2.75, 3.05) is 33.9 Å². The summed E-state index contributed by atoms with van der Waals surface area (Å²) in [6.45, 7) is 2.50. The first kappa shape index (κ1) is 17.8. The summed E-state index contributed by atoms with van der Waals surface area (Å²) in [5.74, 6) is -0.456. The molecule has 0 aliphatic rings. The molecule has 0 heterocycles. The van der Waals surface area contributed by atoms with Gasteiger partial charge in [-0.25, -0.2) is 4.79 Å². The molecule has 21 heavy (non-hydrogen) atoms. The highest BCUT2D eigenvalue weighted by molar-refractivity contribution is 6.42. The first-order chi connectivity index (χ1) is 9.90. The summed E-state index contributed by atoms with van der Waals surface area (Å²) >= 11 is 11.8. The van der Waals surface area contributed by atoms with E-state index in [1.165, 1.54) is 0 Å². The number of esters is 1. The third kappa shape index (κ3) is 6.80. The van der Waals surface area contributed by atoms with E-state index in [-0.39, 0.29) is 6.61 Å². The fraction of sp³-hybridized carbons (Fsp3) is 0.429. The molecule has 0 unspecified atom stereocenters. The second kappa shape index (κ2) is 8.87. The predicted octanol–water partition coefficient (Wildman–Crippen LogP) is 2.84. The largest absolute Gasteiger partial charge is 0.462 e. The summed E-state index contributed by atoms with van der Waals surface area (Å²) in [5.41, 5.74) is 1.36. The SMILES string of the molecule is C/C(=N\OCC(=O)OCCN(C)C)c1ccc(Cl)c(Cl)c1. The van der Waals surface area contributed by atoms with E-state index >= 15 is 0 Å². The highest BCUT2D eigenvalue weighted by atomic mass is 35.5. The molecular formula is C14H18Cl2N2O3. The Morgan fingerprint density at radius 2 is 2.00 bits per heavy atom. The van der Waals surface area contributed by atoms with Crippen molar-refractivity contribution in [3.05, 3.63) is 33.8 Å². The maximum Gasteiger partial charge on any atom is 0.347 e. The molecule has 1 rings (SSSR count). The highest BCUT2D eigenvalue weighted by Gasteiger charge is 2.05. The lowest BCUT2D eigenvalue weighted by Crippen LogP contribution is -2.21. The van der Waals surface area contributed by atoms with Crippen molar-refractivity contribution >= 4 is 34.9 Å². The summed E-state index contributed by atoms with van der Waals surface area (Å²) in [6, 6.07) is 5.13. The molecule has 0 radical (unpaired) electrons. The summed E-state index contributed by atoms with van der Waals surface area (Å²) in [6.07, 6.45) is 0. The highest BCUT2D eigenvalue weighted by Crippen LogP contribution is 2.22. The van der Waals surface area contributed by atoms with Crippen molar-refractivity contribution < 1.29 is 14.4 Å². The molecule has 0 saturated carbocycles. The topological polar surface area (TPSA) is 51.1 Å². The minimum atomic E-state index is -0.456. The van der Waals surface area contributed by atoms with E-state index in [1.54, 1.807) is 25.1 Å². The van der Waals surface area contributed by atoms with Gasteiger partial charge in [0, 0.05) is 12.1 Å². The van der Waals surface area contributed by atoms with Crippen molar-refractivity contribution in [2.45, 2.75) is 6.92 Å². The Labute approximate surface area is 134 Å². The van der Waals surface area contributed by atoms with Crippen molar-refractivity contribution in [3.63, 3.8) is 0 Å². The number of hydrogen-bond donors (Lipinski definition) is 0. The number of ether oxygens (including phenoxy) is 1. The van der Waals surface area contributed by atoms with Crippen LogP contribution in [0, 0.1) is 0 Å². The van der Waals surface area contributed by atoms with Crippen molar-refractivity contribution in [3.8, 4) is 0 Å². The van der Waals surface area contributed by atoms with Gasteiger partial charge < -0.3 is 14.5 Å². The second-order valence-corrected chi connectivity index (χ2v) is 5.42. The van der Waals surface area contributed by atoms with Gasteiger partial charge in [-0.05, 0) is 33.2 Å². The Balaban J connectivity index is 2.41. The number of carbonyl (C=O) groups is 1. The molecule has 0 amide bonds. The maximum atomic E-state index is 11.4. The van der Waals surface area contributed by atoms with Crippen LogP contribution in [0.2, 0.25) is 10.0 Å². The van der Waals surface area contributed by atoms with Crippen LogP contribution in [0.4, 0.5) is 0 Å². The van der Waals surface area contributed by atoms with Crippen molar-refractivity contribution in [1.29, 1.82) is 0 Å². The molecule has 0 saturated heterocycles. The van der Waals surface area contributed by atoms with E-state index in [2.05, 4.69) is 5.16 Å². The lowest BCUT2D eigenvalue weighted by Gasteiger charge is -2.09. The number of nitrogens with zero attached hydrogens (tertiary/aromatic N) is 2. The fourth-order valence-electron chi connectivity index (χ4n) is 1.34. The third-order valence-corrected chi connectivity index (χ3v) is 3.26. The molecule has 0 atom stereocenters. The zero-order valence-electron chi connectivity index (χ0n) is 12.2. The van der Waals surface area contributed by atoms with Gasteiger partial charge in [-0.1, -0.05) is 34.4 Å². The molecule has 0 aliphatic heterocycles. The van der Waals surface area contributed by atoms with Crippen LogP contribution in [0.1, 0.15) is 12.5 Å². The monoisotopic (exact) mass is 332 g/mol. The summed E-state index contributed by atoms with van der Waals surface area (Å²) in [5, 5.41) is 4.76. The summed E-state index contributed by atoms with van der Waals surface area (Å²) in [4.78, 5) is 18.2. The van der Waals surface area contributed by atoms with E-state index < -0.39 is 5.97 Å². The minimum Gasteiger partial charge on any atom is -0.462 e. The van der Waals surface area contributed by atoms with Gasteiger partial charge in [0.15, 0.2) is 0 Å². The second-order valence-electron chi connectivity index (χ2n) is 4.60. The van der Waals surface area contributed by atoms with Crippen LogP contribution >= 0.6 is 23.2 Å². The van der Waals surface area contributed by atoms with Crippen molar-refractivity contribution in [1.82, 2.24) is 4.90 Å². The van der Waals surface area contributed by atoms with Crippen LogP contribution in [-0.4, -0.2) is 50.4 Å². The zero-order valence-corrected chi connectivity index (χ0v) is 13.7. The van der Waals surface area contributed by atoms with Crippen LogP contribution in [0.3, 0.4) is 0 Å². The van der Waals surface area contributed by atoms with E-state index in [1.807, 2.05) is 19.0 Å². The van der Waals surface area contributed by atoms with Crippen LogP contribution in [0.25, 0.3) is 0 Å². The minimum absolute atomic E-state index is 0.230. The third-order valence-electron chi connectivity index (χ3n) is 2.52. The Kier molecular flexibility index (Phi) is 7.50. The van der Waals surface area contributed by atoms with Gasteiger partial charge in [0.25, 0.3) is 0 Å². The van der Waals surface area contributed by atoms with E-state index in [9.17, 15) is 4.79 Å². The number of rotatable bonds is 7. The van der Waals surface area contributed by atoms with Crippen molar-refractivity contribution in [2.24, 2.45) is 5.16 Å². The Morgan fingerprint density at radius 3 is 2.62 bits per heavy atom. The van der Waals surface area contributed by atoms with Gasteiger partial charge >= 0.3 is 5.97 Å². The van der Waals surface area contributed by atoms with Gasteiger partial charge in [0.05, 0.1) is 15.8 Å². The Morgan fingerprint density at radius 1 is 1.29 bits per heavy atom. The first-order valence-electron chi connectivity index (χ1n) is 6.32. The van der Waals surface area contributed by atoms with Crippen LogP contribution in [-0.2, 0) is 14.4 Å². The van der Waals surface area contributed by atoms with Gasteiger partial charge in [-0.3, -0.25) is 0 Å². The van der Waals surface area contributed by atoms with Gasteiger partial charge in [0.2, 0.25) is 6.61 Å². The first-order valence-corrected chi connectivity index (χ1v) is 7.08. The molecule has 0 fully saturated rings. The zero-order chi connectivity index (χ0) is 15.8. The van der Waals surface area contributed by atoms with Gasteiger partial charge in [-0.15, -0.1) is 0 Å². The van der Waals surface area contributed by atoms with Gasteiger partial charge in [-0.2, -0.15) is 0 Å². The fourth-order valence-corrected chi connectivity index (χ4v) is 1.64. The molecular weight excluding hydrogens is 315 g/mol. The standard InChI is InChI=1S/C14H18Cl2N2O3/c1-10(11-4-5-12(15)13(16)8-11)17-21-9-14(19)20-7-6-18(2)3/h4-5,8H,6-7,9H2,1-3H3/b17-10+. The summed E-state index contributed by atoms with van der Waals surface area (Å²) in [7, 11) is 3.80. The Hall–Kier alpha value is -1.30. The van der Waals surface area contributed by atoms with Gasteiger partial charge in [0.1, 0.15) is 6.61 Å². The average Bonchev–Trinajstić information content (AvgIpc) is 2.41. The maximum absolute atomic E-state index is 11.4. The molecule has 7 heteroatoms. The number of benzene rings is 1. The predicted molar refractivity (Wildman–Crippen MR) is 84.1 cm³/mol. The molecule has 0 N–H and O–H groups in total. The molecule has 1 aromatic carbocycles. The number of hydrogen-bond acceptors (Lipinski definition) is 5. The smallest absolute Gasteiger partial charge is 0.347 e. The van der Waals surface area contributed by atoms with Crippen LogP contribution < -0.4 is 0 Å². The van der Waals surface area contributed by atoms with E-state index in [4.69, 9.17) is 32.8 Å². The number of oxime groups is 1. The molecule has 0 bridgehead atoms. The van der Waals surface area contributed by atoms with Crippen LogP contribution in [0.15, 0.2) is 23.4 Å². The quantitative estimate of drug-likeness (QED) is 0.437. The van der Waals surface area contributed by atoms with E-state index in [0.29, 0.717) is 28.9 Å². The molecule has 0 aromatic heterocycles. The molecule has 0 aliphatic carbocycles. The number of halogens is 2. The number of carbonyl (C=O) groups excluding carboxylic acids is 1. The lowest BCUT2D eigenvalue weighted by atomic mass is 10.1. The van der Waals surface area contributed by atoms with Crippen LogP contribution in [0.5, 0.6) is 0 Å². The molecule has 116 valence electrons. The lowest BCUT2D eigenvalue weighted by molar-refractivity contribution is -0.149. The number of likely N-dealkylation sites (N-methyl/N-ethyl adjacent to an activating group) is 1. The molecule has 5 nitrogen and oxygen atoms in total. The molecule has 0 spiro atoms. The average molecular weight is 333 g/mol. The normalized spacial score (nSPS) is 11.6.